The zero-order valence-corrected chi connectivity index (χ0v) is 6.88. The van der Waals surface area contributed by atoms with Crippen LogP contribution < -0.4 is 0 Å². The molecule has 2 nitrogen and oxygen atoms in total. The van der Waals surface area contributed by atoms with Crippen LogP contribution in [0, 0.1) is 0 Å². The number of nitrogens with zero attached hydrogens (tertiary/aromatic N) is 2. The first-order valence-corrected chi connectivity index (χ1v) is 4.26. The Hall–Kier alpha value is -0.0800. The number of rotatable bonds is 1. The lowest BCUT2D eigenvalue weighted by Gasteiger charge is -2.11. The molecule has 0 spiro atoms. The number of fused-ring (bicyclic) bond motifs is 1. The van der Waals surface area contributed by atoms with Gasteiger partial charge in [-0.25, -0.2) is 10.0 Å². The first-order valence-electron chi connectivity index (χ1n) is 4.26. The highest BCUT2D eigenvalue weighted by atomic mass is 15.7. The highest BCUT2D eigenvalue weighted by molar-refractivity contribution is 5.01. The average Bonchev–Trinajstić information content (AvgIpc) is 2.60. The summed E-state index contributed by atoms with van der Waals surface area (Å²) in [6.07, 6.45) is 5.77. The second kappa shape index (κ2) is 2.21. The highest BCUT2D eigenvalue weighted by Crippen LogP contribution is 2.40. The van der Waals surface area contributed by atoms with Crippen LogP contribution in [-0.4, -0.2) is 36.2 Å². The predicted octanol–water partition coefficient (Wildman–Crippen LogP) is 1.09. The van der Waals surface area contributed by atoms with Gasteiger partial charge in [-0.15, -0.1) is 0 Å². The van der Waals surface area contributed by atoms with E-state index in [1.807, 2.05) is 0 Å². The van der Waals surface area contributed by atoms with Crippen molar-refractivity contribution in [2.24, 2.45) is 0 Å². The number of hydrogen-bond donors (Lipinski definition) is 0. The van der Waals surface area contributed by atoms with Gasteiger partial charge in [0.2, 0.25) is 0 Å². The summed E-state index contributed by atoms with van der Waals surface area (Å²) in [6.45, 7) is 0. The van der Waals surface area contributed by atoms with E-state index in [0.717, 1.165) is 12.1 Å². The van der Waals surface area contributed by atoms with Crippen molar-refractivity contribution in [1.82, 2.24) is 10.0 Å². The van der Waals surface area contributed by atoms with Crippen LogP contribution in [0.15, 0.2) is 0 Å². The molecule has 2 aliphatic rings. The topological polar surface area (TPSA) is 6.25 Å². The molecule has 2 unspecified atom stereocenters. The van der Waals surface area contributed by atoms with Crippen LogP contribution in [0.25, 0.3) is 0 Å². The Balaban J connectivity index is 1.93. The van der Waals surface area contributed by atoms with Crippen molar-refractivity contribution in [2.75, 3.05) is 14.1 Å². The van der Waals surface area contributed by atoms with Crippen LogP contribution in [0.4, 0.5) is 0 Å². The SMILES string of the molecule is CN(C)N1C2CCCCC21. The van der Waals surface area contributed by atoms with Crippen LogP contribution in [0.5, 0.6) is 0 Å². The zero-order valence-electron chi connectivity index (χ0n) is 6.88. The normalized spacial score (nSPS) is 45.3. The van der Waals surface area contributed by atoms with Gasteiger partial charge < -0.3 is 0 Å². The molecule has 1 aliphatic carbocycles. The van der Waals surface area contributed by atoms with Crippen LogP contribution in [-0.2, 0) is 0 Å². The van der Waals surface area contributed by atoms with E-state index < -0.39 is 0 Å². The summed E-state index contributed by atoms with van der Waals surface area (Å²) >= 11 is 0. The van der Waals surface area contributed by atoms with Crippen molar-refractivity contribution in [1.29, 1.82) is 0 Å². The van der Waals surface area contributed by atoms with Crippen LogP contribution in [0.1, 0.15) is 25.7 Å². The smallest absolute Gasteiger partial charge is 0.0419 e. The molecular formula is C8H16N2. The van der Waals surface area contributed by atoms with E-state index in [1.165, 1.54) is 25.7 Å². The minimum absolute atomic E-state index is 0.920. The largest absolute Gasteiger partial charge is 0.247 e. The van der Waals surface area contributed by atoms with Gasteiger partial charge in [0, 0.05) is 26.2 Å². The lowest BCUT2D eigenvalue weighted by molar-refractivity contribution is 0.135. The van der Waals surface area contributed by atoms with Crippen molar-refractivity contribution in [3.8, 4) is 0 Å². The van der Waals surface area contributed by atoms with Crippen molar-refractivity contribution >= 4 is 0 Å². The predicted molar refractivity (Wildman–Crippen MR) is 41.6 cm³/mol. The summed E-state index contributed by atoms with van der Waals surface area (Å²) in [7, 11) is 4.30. The third-order valence-corrected chi connectivity index (χ3v) is 2.75. The van der Waals surface area contributed by atoms with E-state index >= 15 is 0 Å². The molecule has 1 saturated carbocycles. The third kappa shape index (κ3) is 0.867. The van der Waals surface area contributed by atoms with Crippen LogP contribution in [0.3, 0.4) is 0 Å². The molecule has 0 radical (unpaired) electrons. The molecule has 0 aromatic heterocycles. The third-order valence-electron chi connectivity index (χ3n) is 2.75. The molecule has 1 heterocycles. The lowest BCUT2D eigenvalue weighted by atomic mass is 10.0. The van der Waals surface area contributed by atoms with Crippen LogP contribution in [0.2, 0.25) is 0 Å². The van der Waals surface area contributed by atoms with E-state index in [2.05, 4.69) is 24.1 Å². The Morgan fingerprint density at radius 2 is 1.60 bits per heavy atom. The van der Waals surface area contributed by atoms with Crippen molar-refractivity contribution in [3.63, 3.8) is 0 Å². The highest BCUT2D eigenvalue weighted by Gasteiger charge is 2.49. The minimum Gasteiger partial charge on any atom is -0.247 e. The van der Waals surface area contributed by atoms with Gasteiger partial charge in [-0.05, 0) is 12.8 Å². The van der Waals surface area contributed by atoms with Gasteiger partial charge in [0.25, 0.3) is 0 Å². The van der Waals surface area contributed by atoms with Gasteiger partial charge in [-0.1, -0.05) is 12.8 Å². The Morgan fingerprint density at radius 1 is 1.10 bits per heavy atom. The van der Waals surface area contributed by atoms with E-state index in [-0.39, 0.29) is 0 Å². The first kappa shape index (κ1) is 6.62. The van der Waals surface area contributed by atoms with Gasteiger partial charge in [0.05, 0.1) is 0 Å². The quantitative estimate of drug-likeness (QED) is 0.503. The van der Waals surface area contributed by atoms with E-state index in [1.54, 1.807) is 0 Å². The summed E-state index contributed by atoms with van der Waals surface area (Å²) in [5.41, 5.74) is 0. The second-order valence-electron chi connectivity index (χ2n) is 3.65. The molecule has 0 N–H and O–H groups in total. The molecule has 2 fully saturated rings. The van der Waals surface area contributed by atoms with Gasteiger partial charge in [-0.2, -0.15) is 0 Å². The average molecular weight is 140 g/mol. The monoisotopic (exact) mass is 140 g/mol. The Kier molecular flexibility index (Phi) is 1.46. The summed E-state index contributed by atoms with van der Waals surface area (Å²) in [5.74, 6) is 0. The fourth-order valence-corrected chi connectivity index (χ4v) is 2.27. The molecule has 1 aliphatic heterocycles. The maximum absolute atomic E-state index is 2.51. The molecule has 10 heavy (non-hydrogen) atoms. The Bertz CT molecular complexity index is 121. The van der Waals surface area contributed by atoms with E-state index in [0.29, 0.717) is 0 Å². The van der Waals surface area contributed by atoms with E-state index in [9.17, 15) is 0 Å². The summed E-state index contributed by atoms with van der Waals surface area (Å²) in [4.78, 5) is 0. The second-order valence-corrected chi connectivity index (χ2v) is 3.65. The summed E-state index contributed by atoms with van der Waals surface area (Å²) in [5, 5.41) is 4.76. The maximum Gasteiger partial charge on any atom is 0.0419 e. The van der Waals surface area contributed by atoms with Gasteiger partial charge >= 0.3 is 0 Å². The summed E-state index contributed by atoms with van der Waals surface area (Å²) < 4.78 is 0. The van der Waals surface area contributed by atoms with E-state index in [4.69, 9.17) is 0 Å². The van der Waals surface area contributed by atoms with Crippen molar-refractivity contribution in [3.05, 3.63) is 0 Å². The molecular weight excluding hydrogens is 124 g/mol. The fraction of sp³-hybridized carbons (Fsp3) is 1.00. The van der Waals surface area contributed by atoms with Crippen molar-refractivity contribution in [2.45, 2.75) is 37.8 Å². The minimum atomic E-state index is 0.920. The van der Waals surface area contributed by atoms with Crippen molar-refractivity contribution < 1.29 is 0 Å². The molecule has 0 amide bonds. The van der Waals surface area contributed by atoms with Gasteiger partial charge in [0.15, 0.2) is 0 Å². The van der Waals surface area contributed by atoms with Gasteiger partial charge in [0.1, 0.15) is 0 Å². The first-order chi connectivity index (χ1) is 4.80. The van der Waals surface area contributed by atoms with Crippen LogP contribution >= 0.6 is 0 Å². The Morgan fingerprint density at radius 3 is 2.00 bits per heavy atom. The molecule has 1 saturated heterocycles. The Labute approximate surface area is 62.8 Å². The molecule has 58 valence electrons. The molecule has 0 aromatic rings. The maximum atomic E-state index is 2.51. The molecule has 2 heteroatoms. The standard InChI is InChI=1S/C8H16N2/c1-9(2)10-7-5-3-4-6-8(7)10/h7-8H,3-6H2,1-2H3. The fourth-order valence-electron chi connectivity index (χ4n) is 2.27. The molecule has 0 aromatic carbocycles. The lowest BCUT2D eigenvalue weighted by Crippen LogP contribution is -2.22. The van der Waals surface area contributed by atoms with Gasteiger partial charge in [-0.3, -0.25) is 0 Å². The number of hydrazine groups is 1. The zero-order chi connectivity index (χ0) is 7.14. The molecule has 2 rings (SSSR count). The molecule has 0 bridgehead atoms. The summed E-state index contributed by atoms with van der Waals surface area (Å²) in [6, 6.07) is 1.84. The molecule has 2 atom stereocenters. The number of hydrogen-bond acceptors (Lipinski definition) is 2.